The van der Waals surface area contributed by atoms with Crippen LogP contribution < -0.4 is 5.73 Å². The number of morpholine rings is 1. The second kappa shape index (κ2) is 5.65. The van der Waals surface area contributed by atoms with Gasteiger partial charge in [-0.3, -0.25) is 0 Å². The summed E-state index contributed by atoms with van der Waals surface area (Å²) in [5.41, 5.74) is 5.54. The van der Waals surface area contributed by atoms with Gasteiger partial charge in [0.1, 0.15) is 0 Å². The van der Waals surface area contributed by atoms with Crippen molar-refractivity contribution in [2.75, 3.05) is 26.2 Å². The van der Waals surface area contributed by atoms with Crippen LogP contribution >= 0.6 is 0 Å². The van der Waals surface area contributed by atoms with E-state index in [4.69, 9.17) is 10.5 Å². The second-order valence-electron chi connectivity index (χ2n) is 4.89. The van der Waals surface area contributed by atoms with Gasteiger partial charge in [0.05, 0.1) is 18.0 Å². The topological polar surface area (TPSA) is 72.6 Å². The van der Waals surface area contributed by atoms with Gasteiger partial charge in [-0.2, -0.15) is 4.31 Å². The van der Waals surface area contributed by atoms with Crippen LogP contribution in [0.5, 0.6) is 0 Å². The van der Waals surface area contributed by atoms with Gasteiger partial charge in [0.15, 0.2) is 0 Å². The molecule has 2 N–H and O–H groups in total. The van der Waals surface area contributed by atoms with Gasteiger partial charge >= 0.3 is 0 Å². The minimum absolute atomic E-state index is 0.137. The summed E-state index contributed by atoms with van der Waals surface area (Å²) in [5.74, 6) is 0. The standard InChI is InChI=1S/C11H22N2O3S/c12-8-10-9-13(6-7-16-10)17(14,15)11-4-2-1-3-5-11/h10-11H,1-9,12H2. The molecule has 2 aliphatic rings. The van der Waals surface area contributed by atoms with Crippen LogP contribution in [0.15, 0.2) is 0 Å². The molecule has 1 saturated carbocycles. The molecule has 1 atom stereocenters. The van der Waals surface area contributed by atoms with Crippen molar-refractivity contribution in [1.29, 1.82) is 0 Å². The summed E-state index contributed by atoms with van der Waals surface area (Å²) in [7, 11) is -3.13. The van der Waals surface area contributed by atoms with Crippen LogP contribution in [0, 0.1) is 0 Å². The molecular formula is C11H22N2O3S. The van der Waals surface area contributed by atoms with E-state index in [-0.39, 0.29) is 11.4 Å². The molecule has 0 spiro atoms. The van der Waals surface area contributed by atoms with E-state index < -0.39 is 10.0 Å². The lowest BCUT2D eigenvalue weighted by Gasteiger charge is -2.35. The summed E-state index contributed by atoms with van der Waals surface area (Å²) in [6, 6.07) is 0. The van der Waals surface area contributed by atoms with Crippen molar-refractivity contribution in [2.24, 2.45) is 5.73 Å². The molecule has 1 aliphatic heterocycles. The highest BCUT2D eigenvalue weighted by molar-refractivity contribution is 7.89. The molecule has 100 valence electrons. The summed E-state index contributed by atoms with van der Waals surface area (Å²) in [4.78, 5) is 0. The highest BCUT2D eigenvalue weighted by Gasteiger charge is 2.35. The molecule has 0 aromatic rings. The third-order valence-corrected chi connectivity index (χ3v) is 6.06. The quantitative estimate of drug-likeness (QED) is 0.794. The number of rotatable bonds is 3. The van der Waals surface area contributed by atoms with Gasteiger partial charge in [0, 0.05) is 19.6 Å². The van der Waals surface area contributed by atoms with E-state index >= 15 is 0 Å². The van der Waals surface area contributed by atoms with Crippen molar-refractivity contribution in [2.45, 2.75) is 43.5 Å². The molecule has 6 heteroatoms. The SMILES string of the molecule is NCC1CN(S(=O)(=O)C2CCCCC2)CCO1. The number of hydrogen-bond acceptors (Lipinski definition) is 4. The second-order valence-corrected chi connectivity index (χ2v) is 7.10. The highest BCUT2D eigenvalue weighted by Crippen LogP contribution is 2.26. The van der Waals surface area contributed by atoms with Gasteiger partial charge in [-0.1, -0.05) is 19.3 Å². The molecule has 0 radical (unpaired) electrons. The Kier molecular flexibility index (Phi) is 4.41. The molecular weight excluding hydrogens is 240 g/mol. The first kappa shape index (κ1) is 13.3. The normalized spacial score (nSPS) is 29.4. The zero-order chi connectivity index (χ0) is 12.3. The number of ether oxygens (including phenoxy) is 1. The predicted molar refractivity (Wildman–Crippen MR) is 66.2 cm³/mol. The van der Waals surface area contributed by atoms with E-state index in [1.165, 1.54) is 6.42 Å². The van der Waals surface area contributed by atoms with Crippen LogP contribution in [0.1, 0.15) is 32.1 Å². The monoisotopic (exact) mass is 262 g/mol. The van der Waals surface area contributed by atoms with Crippen molar-refractivity contribution in [3.63, 3.8) is 0 Å². The van der Waals surface area contributed by atoms with Crippen LogP contribution in [0.4, 0.5) is 0 Å². The number of hydrogen-bond donors (Lipinski definition) is 1. The lowest BCUT2D eigenvalue weighted by molar-refractivity contribution is 0.00410. The third kappa shape index (κ3) is 2.99. The molecule has 2 rings (SSSR count). The van der Waals surface area contributed by atoms with Crippen LogP contribution in [0.25, 0.3) is 0 Å². The molecule has 0 amide bonds. The Hall–Kier alpha value is -0.170. The maximum atomic E-state index is 12.4. The van der Waals surface area contributed by atoms with Crippen LogP contribution in [0.2, 0.25) is 0 Å². The van der Waals surface area contributed by atoms with E-state index in [2.05, 4.69) is 0 Å². The first-order valence-electron chi connectivity index (χ1n) is 6.45. The van der Waals surface area contributed by atoms with E-state index in [1.807, 2.05) is 0 Å². The number of nitrogens with zero attached hydrogens (tertiary/aromatic N) is 1. The number of nitrogens with two attached hydrogens (primary N) is 1. The zero-order valence-electron chi connectivity index (χ0n) is 10.2. The summed E-state index contributed by atoms with van der Waals surface area (Å²) in [5, 5.41) is -0.173. The van der Waals surface area contributed by atoms with E-state index in [1.54, 1.807) is 4.31 Å². The first-order valence-corrected chi connectivity index (χ1v) is 7.95. The lowest BCUT2D eigenvalue weighted by Crippen LogP contribution is -2.50. The van der Waals surface area contributed by atoms with Gasteiger partial charge in [-0.15, -0.1) is 0 Å². The molecule has 5 nitrogen and oxygen atoms in total. The molecule has 1 aliphatic carbocycles. The maximum absolute atomic E-state index is 12.4. The van der Waals surface area contributed by atoms with Gasteiger partial charge in [0.2, 0.25) is 10.0 Å². The van der Waals surface area contributed by atoms with Crippen molar-refractivity contribution < 1.29 is 13.2 Å². The average molecular weight is 262 g/mol. The fraction of sp³-hybridized carbons (Fsp3) is 1.00. The largest absolute Gasteiger partial charge is 0.374 e. The Morgan fingerprint density at radius 3 is 2.59 bits per heavy atom. The first-order chi connectivity index (χ1) is 8.14. The van der Waals surface area contributed by atoms with E-state index in [0.29, 0.717) is 26.2 Å². The van der Waals surface area contributed by atoms with Crippen molar-refractivity contribution in [3.8, 4) is 0 Å². The molecule has 1 unspecified atom stereocenters. The molecule has 2 fully saturated rings. The summed E-state index contributed by atoms with van der Waals surface area (Å²) < 4.78 is 31.9. The Labute approximate surface area is 103 Å². The third-order valence-electron chi connectivity index (χ3n) is 3.70. The minimum Gasteiger partial charge on any atom is -0.374 e. The Bertz CT molecular complexity index is 339. The molecule has 0 bridgehead atoms. The fourth-order valence-electron chi connectivity index (χ4n) is 2.64. The Morgan fingerprint density at radius 1 is 1.24 bits per heavy atom. The zero-order valence-corrected chi connectivity index (χ0v) is 11.0. The average Bonchev–Trinajstić information content (AvgIpc) is 2.40. The maximum Gasteiger partial charge on any atom is 0.217 e. The van der Waals surface area contributed by atoms with Crippen molar-refractivity contribution in [3.05, 3.63) is 0 Å². The van der Waals surface area contributed by atoms with Gasteiger partial charge in [0.25, 0.3) is 0 Å². The Balaban J connectivity index is 2.03. The summed E-state index contributed by atoms with van der Waals surface area (Å²) in [6.07, 6.45) is 4.73. The van der Waals surface area contributed by atoms with Crippen LogP contribution in [0.3, 0.4) is 0 Å². The molecule has 1 heterocycles. The van der Waals surface area contributed by atoms with Crippen LogP contribution in [-0.4, -0.2) is 50.3 Å². The summed E-state index contributed by atoms with van der Waals surface area (Å²) in [6.45, 7) is 1.76. The lowest BCUT2D eigenvalue weighted by atomic mass is 10.0. The van der Waals surface area contributed by atoms with E-state index in [9.17, 15) is 8.42 Å². The van der Waals surface area contributed by atoms with Crippen molar-refractivity contribution >= 4 is 10.0 Å². The molecule has 1 saturated heterocycles. The number of sulfonamides is 1. The van der Waals surface area contributed by atoms with Gasteiger partial charge < -0.3 is 10.5 Å². The Morgan fingerprint density at radius 2 is 1.94 bits per heavy atom. The minimum atomic E-state index is -3.13. The molecule has 0 aromatic heterocycles. The van der Waals surface area contributed by atoms with Crippen LogP contribution in [-0.2, 0) is 14.8 Å². The highest BCUT2D eigenvalue weighted by atomic mass is 32.2. The van der Waals surface area contributed by atoms with Crippen molar-refractivity contribution in [1.82, 2.24) is 4.31 Å². The fourth-order valence-corrected chi connectivity index (χ4v) is 4.69. The van der Waals surface area contributed by atoms with Gasteiger partial charge in [-0.05, 0) is 12.8 Å². The molecule has 0 aromatic carbocycles. The predicted octanol–water partition coefficient (Wildman–Crippen LogP) is 0.308. The smallest absolute Gasteiger partial charge is 0.217 e. The van der Waals surface area contributed by atoms with Gasteiger partial charge in [-0.25, -0.2) is 8.42 Å². The summed E-state index contributed by atoms with van der Waals surface area (Å²) >= 11 is 0. The van der Waals surface area contributed by atoms with E-state index in [0.717, 1.165) is 25.7 Å². The molecule has 17 heavy (non-hydrogen) atoms.